The van der Waals surface area contributed by atoms with Crippen LogP contribution in [-0.4, -0.2) is 57.3 Å². The molecule has 216 valence electrons. The van der Waals surface area contributed by atoms with E-state index in [1.165, 1.54) is 96.3 Å². The van der Waals surface area contributed by atoms with E-state index in [1.54, 1.807) is 0 Å². The zero-order chi connectivity index (χ0) is 27.6. The van der Waals surface area contributed by atoms with Crippen LogP contribution >= 0.6 is 0 Å². The van der Waals surface area contributed by atoms with Crippen LogP contribution in [-0.2, 0) is 14.4 Å². The molecule has 0 atom stereocenters. The molecule has 0 saturated heterocycles. The van der Waals surface area contributed by atoms with E-state index in [1.807, 2.05) is 12.3 Å². The summed E-state index contributed by atoms with van der Waals surface area (Å²) in [6.45, 7) is 2.86. The number of hydrogen-bond donors (Lipinski definition) is 3. The predicted molar refractivity (Wildman–Crippen MR) is 150 cm³/mol. The molecule has 0 aliphatic heterocycles. The average Bonchev–Trinajstić information content (AvgIpc) is 2.85. The molecule has 0 saturated carbocycles. The summed E-state index contributed by atoms with van der Waals surface area (Å²) in [7, 11) is 0. The number of unbranched alkanes of at least 4 members (excludes halogenated alkanes) is 17. The first-order valence-corrected chi connectivity index (χ1v) is 15.0. The third-order valence-corrected chi connectivity index (χ3v) is 7.21. The van der Waals surface area contributed by atoms with Gasteiger partial charge in [0, 0.05) is 0 Å². The van der Waals surface area contributed by atoms with E-state index >= 15 is 0 Å². The standard InChI is InChI=1S/C30H55NO6/c1-2-3-4-5-6-7-8-9-10-11-12-13-14-15-16-17-18-19-20-24-31(25-21-28(32)33,26-22-29(34)35)27-23-30(36)37/h20,24H,2-19,21-23,25-27H2,1H3,(H2-,32,33,34,35,36,37)/p+1/b24-20+. The zero-order valence-electron chi connectivity index (χ0n) is 23.6. The van der Waals surface area contributed by atoms with Crippen LogP contribution < -0.4 is 0 Å². The Balaban J connectivity index is 4.00. The molecule has 37 heavy (non-hydrogen) atoms. The number of carboxylic acids is 3. The van der Waals surface area contributed by atoms with E-state index in [9.17, 15) is 14.4 Å². The van der Waals surface area contributed by atoms with Crippen molar-refractivity contribution in [3.63, 3.8) is 0 Å². The minimum atomic E-state index is -0.963. The monoisotopic (exact) mass is 526 g/mol. The molecule has 0 aromatic rings. The number of rotatable bonds is 28. The second-order valence-electron chi connectivity index (χ2n) is 10.7. The lowest BCUT2D eigenvalue weighted by atomic mass is 10.0. The summed E-state index contributed by atoms with van der Waals surface area (Å²) >= 11 is 0. The van der Waals surface area contributed by atoms with Crippen molar-refractivity contribution >= 4 is 17.9 Å². The Labute approximate surface area is 225 Å². The van der Waals surface area contributed by atoms with E-state index in [2.05, 4.69) is 6.92 Å². The van der Waals surface area contributed by atoms with Crippen molar-refractivity contribution in [1.29, 1.82) is 0 Å². The van der Waals surface area contributed by atoms with Crippen LogP contribution in [0.5, 0.6) is 0 Å². The van der Waals surface area contributed by atoms with Crippen molar-refractivity contribution in [3.8, 4) is 0 Å². The van der Waals surface area contributed by atoms with Crippen LogP contribution in [0.15, 0.2) is 12.3 Å². The van der Waals surface area contributed by atoms with Crippen LogP contribution in [0.3, 0.4) is 0 Å². The summed E-state index contributed by atoms with van der Waals surface area (Å²) in [4.78, 5) is 33.3. The zero-order valence-corrected chi connectivity index (χ0v) is 23.6. The van der Waals surface area contributed by atoms with Gasteiger partial charge >= 0.3 is 17.9 Å². The minimum absolute atomic E-state index is 0.0872. The molecular weight excluding hydrogens is 470 g/mol. The normalized spacial score (nSPS) is 11.8. The quantitative estimate of drug-likeness (QED) is 0.0708. The number of hydrogen-bond acceptors (Lipinski definition) is 3. The average molecular weight is 527 g/mol. The molecule has 0 aromatic carbocycles. The topological polar surface area (TPSA) is 112 Å². The van der Waals surface area contributed by atoms with Gasteiger partial charge in [-0.3, -0.25) is 18.9 Å². The first kappa shape index (κ1) is 35.1. The summed E-state index contributed by atoms with van der Waals surface area (Å²) < 4.78 is 0.0872. The molecule has 0 radical (unpaired) electrons. The maximum Gasteiger partial charge on any atom is 0.309 e. The summed E-state index contributed by atoms with van der Waals surface area (Å²) in [6, 6.07) is 0. The Kier molecular flexibility index (Phi) is 23.2. The summed E-state index contributed by atoms with van der Waals surface area (Å²) in [5, 5.41) is 27.3. The minimum Gasteiger partial charge on any atom is -0.481 e. The van der Waals surface area contributed by atoms with Gasteiger partial charge in [0.25, 0.3) is 0 Å². The van der Waals surface area contributed by atoms with E-state index < -0.39 is 17.9 Å². The summed E-state index contributed by atoms with van der Waals surface area (Å²) in [5.74, 6) is -2.89. The molecule has 0 aliphatic carbocycles. The molecule has 0 rings (SSSR count). The lowest BCUT2D eigenvalue weighted by molar-refractivity contribution is -0.878. The van der Waals surface area contributed by atoms with Gasteiger partial charge in [-0.25, -0.2) is 0 Å². The van der Waals surface area contributed by atoms with E-state index in [-0.39, 0.29) is 43.4 Å². The van der Waals surface area contributed by atoms with Crippen LogP contribution in [0.1, 0.15) is 142 Å². The van der Waals surface area contributed by atoms with Crippen molar-refractivity contribution in [2.75, 3.05) is 19.6 Å². The smallest absolute Gasteiger partial charge is 0.309 e. The predicted octanol–water partition coefficient (Wildman–Crippen LogP) is 7.78. The summed E-state index contributed by atoms with van der Waals surface area (Å²) in [5.41, 5.74) is 0. The number of allylic oxidation sites excluding steroid dienone is 1. The molecule has 0 aromatic heterocycles. The lowest BCUT2D eigenvalue weighted by Crippen LogP contribution is -2.47. The Morgan fingerprint density at radius 3 is 1.11 bits per heavy atom. The van der Waals surface area contributed by atoms with E-state index in [0.717, 1.165) is 19.3 Å². The number of carboxylic acid groups (broad SMARTS) is 3. The lowest BCUT2D eigenvalue weighted by Gasteiger charge is -2.34. The highest BCUT2D eigenvalue weighted by Crippen LogP contribution is 2.17. The molecule has 0 spiro atoms. The van der Waals surface area contributed by atoms with Gasteiger partial charge in [0.05, 0.1) is 45.1 Å². The fourth-order valence-electron chi connectivity index (χ4n) is 4.80. The molecule has 0 bridgehead atoms. The van der Waals surface area contributed by atoms with Crippen molar-refractivity contribution in [3.05, 3.63) is 12.3 Å². The van der Waals surface area contributed by atoms with Gasteiger partial charge in [-0.15, -0.1) is 0 Å². The van der Waals surface area contributed by atoms with Crippen LogP contribution in [0, 0.1) is 0 Å². The van der Waals surface area contributed by atoms with Gasteiger partial charge in [-0.2, -0.15) is 0 Å². The Morgan fingerprint density at radius 1 is 0.514 bits per heavy atom. The van der Waals surface area contributed by atoms with Gasteiger partial charge in [0.1, 0.15) is 0 Å². The maximum atomic E-state index is 11.1. The largest absolute Gasteiger partial charge is 0.481 e. The highest BCUT2D eigenvalue weighted by molar-refractivity contribution is 5.67. The summed E-state index contributed by atoms with van der Waals surface area (Å²) in [6.07, 6.45) is 26.8. The van der Waals surface area contributed by atoms with Gasteiger partial charge in [0.2, 0.25) is 0 Å². The first-order chi connectivity index (χ1) is 17.8. The second kappa shape index (κ2) is 24.4. The third-order valence-electron chi connectivity index (χ3n) is 7.21. The van der Waals surface area contributed by atoms with Crippen molar-refractivity contribution in [1.82, 2.24) is 0 Å². The highest BCUT2D eigenvalue weighted by atomic mass is 16.4. The van der Waals surface area contributed by atoms with Crippen LogP contribution in [0.25, 0.3) is 0 Å². The first-order valence-electron chi connectivity index (χ1n) is 15.0. The molecule has 0 fully saturated rings. The number of aliphatic carboxylic acids is 3. The molecule has 7 heteroatoms. The Bertz CT molecular complexity index is 574. The van der Waals surface area contributed by atoms with Gasteiger partial charge < -0.3 is 15.3 Å². The van der Waals surface area contributed by atoms with Gasteiger partial charge in [0.15, 0.2) is 0 Å². The van der Waals surface area contributed by atoms with Crippen molar-refractivity contribution < 1.29 is 34.2 Å². The highest BCUT2D eigenvalue weighted by Gasteiger charge is 2.27. The SMILES string of the molecule is CCCCCCCCCCCCCCCCCCC/C=C/[N+](CCC(=O)O)(CCC(=O)O)CCC(=O)O. The Morgan fingerprint density at radius 2 is 0.811 bits per heavy atom. The third kappa shape index (κ3) is 24.2. The molecule has 0 heterocycles. The van der Waals surface area contributed by atoms with Crippen molar-refractivity contribution in [2.24, 2.45) is 0 Å². The number of carbonyl (C=O) groups is 3. The van der Waals surface area contributed by atoms with E-state index in [4.69, 9.17) is 15.3 Å². The maximum absolute atomic E-state index is 11.1. The number of quaternary nitrogens is 1. The molecule has 7 nitrogen and oxygen atoms in total. The van der Waals surface area contributed by atoms with Crippen molar-refractivity contribution in [2.45, 2.75) is 142 Å². The van der Waals surface area contributed by atoms with Gasteiger partial charge in [-0.05, 0) is 18.9 Å². The van der Waals surface area contributed by atoms with Crippen LogP contribution in [0.2, 0.25) is 0 Å². The molecule has 3 N–H and O–H groups in total. The van der Waals surface area contributed by atoms with Crippen LogP contribution in [0.4, 0.5) is 0 Å². The fourth-order valence-corrected chi connectivity index (χ4v) is 4.80. The second-order valence-corrected chi connectivity index (χ2v) is 10.7. The Hall–Kier alpha value is -1.89. The molecular formula is C30H56NO6+. The molecule has 0 unspecified atom stereocenters. The molecule has 0 aliphatic rings. The molecule has 0 amide bonds. The van der Waals surface area contributed by atoms with E-state index in [0.29, 0.717) is 0 Å². The number of nitrogens with zero attached hydrogens (tertiary/aromatic N) is 1. The fraction of sp³-hybridized carbons (Fsp3) is 0.833. The van der Waals surface area contributed by atoms with Gasteiger partial charge in [-0.1, -0.05) is 110 Å².